The molecule has 2 N–H and O–H groups in total. The van der Waals surface area contributed by atoms with E-state index in [1.54, 1.807) is 25.1 Å². The van der Waals surface area contributed by atoms with Gasteiger partial charge in [0.15, 0.2) is 0 Å². The number of para-hydroxylation sites is 1. The van der Waals surface area contributed by atoms with E-state index in [0.29, 0.717) is 15.7 Å². The molecule has 1 aromatic heterocycles. The van der Waals surface area contributed by atoms with Gasteiger partial charge in [0, 0.05) is 18.8 Å². The lowest BCUT2D eigenvalue weighted by molar-refractivity contribution is -0.119. The van der Waals surface area contributed by atoms with E-state index in [1.807, 2.05) is 4.72 Å². The number of hydrogen-bond acceptors (Lipinski definition) is 5. The lowest BCUT2D eigenvalue weighted by atomic mass is 10.3. The lowest BCUT2D eigenvalue weighted by Crippen LogP contribution is -2.30. The van der Waals surface area contributed by atoms with Crippen LogP contribution in [0, 0.1) is 0 Å². The molecular weight excluding hydrogens is 361 g/mol. The molecule has 2 rings (SSSR count). The Labute approximate surface area is 143 Å². The van der Waals surface area contributed by atoms with E-state index in [0.717, 1.165) is 6.20 Å². The molecule has 0 unspecified atom stereocenters. The number of sulfonamides is 1. The quantitative estimate of drug-likeness (QED) is 0.838. The van der Waals surface area contributed by atoms with Crippen LogP contribution in [-0.2, 0) is 14.8 Å². The number of nitrogens with one attached hydrogen (secondary N) is 2. The largest absolute Gasteiger partial charge is 0.352 e. The maximum Gasteiger partial charge on any atom is 0.267 e. The van der Waals surface area contributed by atoms with Crippen molar-refractivity contribution in [1.82, 2.24) is 9.71 Å². The zero-order valence-electron chi connectivity index (χ0n) is 12.0. The Morgan fingerprint density at radius 1 is 1.22 bits per heavy atom. The van der Waals surface area contributed by atoms with Crippen molar-refractivity contribution in [3.8, 4) is 0 Å². The highest BCUT2D eigenvalue weighted by Gasteiger charge is 2.21. The summed E-state index contributed by atoms with van der Waals surface area (Å²) in [6.07, 6.45) is 2.59. The summed E-state index contributed by atoms with van der Waals surface area (Å²) in [5.41, 5.74) is 0.562. The summed E-state index contributed by atoms with van der Waals surface area (Å²) in [6, 6.07) is 6.35. The normalized spacial score (nSPS) is 11.1. The average molecular weight is 374 g/mol. The topological polar surface area (TPSA) is 88.2 Å². The van der Waals surface area contributed by atoms with Gasteiger partial charge in [-0.1, -0.05) is 36.2 Å². The Morgan fingerprint density at radius 3 is 2.48 bits per heavy atom. The third-order valence-corrected chi connectivity index (χ3v) is 4.90. The maximum atomic E-state index is 12.3. The number of halogens is 2. The molecule has 0 bridgehead atoms. The Bertz CT molecular complexity index is 821. The predicted octanol–water partition coefficient (Wildman–Crippen LogP) is 3.35. The molecule has 0 saturated heterocycles. The van der Waals surface area contributed by atoms with Crippen LogP contribution in [0.2, 0.25) is 10.0 Å². The van der Waals surface area contributed by atoms with Gasteiger partial charge in [-0.25, -0.2) is 13.1 Å². The summed E-state index contributed by atoms with van der Waals surface area (Å²) in [7, 11) is -4.06. The van der Waals surface area contributed by atoms with Gasteiger partial charge in [0.25, 0.3) is 10.0 Å². The SMILES string of the molecule is CCC(=O)NS(=O)(=O)c1cnccc1Nc1c(Cl)cccc1Cl. The van der Waals surface area contributed by atoms with E-state index in [9.17, 15) is 13.2 Å². The van der Waals surface area contributed by atoms with Crippen molar-refractivity contribution in [1.29, 1.82) is 0 Å². The van der Waals surface area contributed by atoms with Crippen molar-refractivity contribution in [2.75, 3.05) is 5.32 Å². The molecule has 0 fully saturated rings. The minimum Gasteiger partial charge on any atom is -0.352 e. The summed E-state index contributed by atoms with van der Waals surface area (Å²) < 4.78 is 26.6. The zero-order valence-corrected chi connectivity index (χ0v) is 14.3. The van der Waals surface area contributed by atoms with Crippen LogP contribution in [0.4, 0.5) is 11.4 Å². The van der Waals surface area contributed by atoms with Gasteiger partial charge in [0.1, 0.15) is 4.90 Å². The first-order valence-corrected chi connectivity index (χ1v) is 8.79. The van der Waals surface area contributed by atoms with Crippen molar-refractivity contribution in [3.63, 3.8) is 0 Å². The number of carbonyl (C=O) groups is 1. The summed E-state index contributed by atoms with van der Waals surface area (Å²) in [4.78, 5) is 15.0. The summed E-state index contributed by atoms with van der Waals surface area (Å²) in [5, 5.41) is 3.53. The monoisotopic (exact) mass is 373 g/mol. The van der Waals surface area contributed by atoms with Gasteiger partial charge in [-0.2, -0.15) is 0 Å². The second-order valence-corrected chi connectivity index (χ2v) is 6.94. The molecule has 9 heteroatoms. The van der Waals surface area contributed by atoms with Crippen molar-refractivity contribution in [2.45, 2.75) is 18.2 Å². The molecule has 2 aromatic rings. The van der Waals surface area contributed by atoms with Crippen LogP contribution in [0.5, 0.6) is 0 Å². The number of anilines is 2. The van der Waals surface area contributed by atoms with E-state index in [4.69, 9.17) is 23.2 Å². The van der Waals surface area contributed by atoms with E-state index in [2.05, 4.69) is 10.3 Å². The Hall–Kier alpha value is -1.83. The summed E-state index contributed by atoms with van der Waals surface area (Å²) >= 11 is 12.1. The average Bonchev–Trinajstić information content (AvgIpc) is 2.51. The molecule has 6 nitrogen and oxygen atoms in total. The minimum atomic E-state index is -4.06. The highest BCUT2D eigenvalue weighted by molar-refractivity contribution is 7.90. The van der Waals surface area contributed by atoms with Gasteiger partial charge in [0.2, 0.25) is 5.91 Å². The van der Waals surface area contributed by atoms with Gasteiger partial charge in [0.05, 0.1) is 21.4 Å². The Kier molecular flexibility index (Phi) is 5.46. The molecular formula is C14H13Cl2N3O3S. The fourth-order valence-electron chi connectivity index (χ4n) is 1.73. The van der Waals surface area contributed by atoms with Crippen molar-refractivity contribution >= 4 is 50.5 Å². The van der Waals surface area contributed by atoms with Crippen LogP contribution in [-0.4, -0.2) is 19.3 Å². The first-order chi connectivity index (χ1) is 10.8. The third kappa shape index (κ3) is 4.13. The standard InChI is InChI=1S/C14H13Cl2N3O3S/c1-2-13(20)19-23(21,22)12-8-17-7-6-11(12)18-14-9(15)4-3-5-10(14)16/h3-8H,2H2,1H3,(H,17,18)(H,19,20). The smallest absolute Gasteiger partial charge is 0.267 e. The molecule has 0 aliphatic rings. The van der Waals surface area contributed by atoms with Gasteiger partial charge in [-0.05, 0) is 18.2 Å². The number of amides is 1. The van der Waals surface area contributed by atoms with E-state index in [1.165, 1.54) is 12.3 Å². The van der Waals surface area contributed by atoms with Gasteiger partial charge in [-0.3, -0.25) is 9.78 Å². The van der Waals surface area contributed by atoms with Crippen LogP contribution in [0.25, 0.3) is 0 Å². The first-order valence-electron chi connectivity index (χ1n) is 6.56. The van der Waals surface area contributed by atoms with Crippen LogP contribution < -0.4 is 10.0 Å². The molecule has 0 spiro atoms. The maximum absolute atomic E-state index is 12.3. The Morgan fingerprint density at radius 2 is 1.87 bits per heavy atom. The highest BCUT2D eigenvalue weighted by atomic mass is 35.5. The van der Waals surface area contributed by atoms with Crippen molar-refractivity contribution in [2.24, 2.45) is 0 Å². The number of aromatic nitrogens is 1. The molecule has 0 aliphatic heterocycles. The number of benzene rings is 1. The fraction of sp³-hybridized carbons (Fsp3) is 0.143. The van der Waals surface area contributed by atoms with Crippen LogP contribution in [0.1, 0.15) is 13.3 Å². The second-order valence-electron chi connectivity index (χ2n) is 4.48. The predicted molar refractivity (Wildman–Crippen MR) is 89.6 cm³/mol. The number of rotatable bonds is 5. The van der Waals surface area contributed by atoms with Gasteiger partial charge in [-0.15, -0.1) is 0 Å². The van der Waals surface area contributed by atoms with Crippen LogP contribution >= 0.6 is 23.2 Å². The molecule has 0 radical (unpaired) electrons. The molecule has 1 aromatic carbocycles. The molecule has 122 valence electrons. The van der Waals surface area contributed by atoms with Crippen molar-refractivity contribution < 1.29 is 13.2 Å². The minimum absolute atomic E-state index is 0.0403. The first kappa shape index (κ1) is 17.5. The molecule has 0 atom stereocenters. The zero-order chi connectivity index (χ0) is 17.0. The van der Waals surface area contributed by atoms with Crippen LogP contribution in [0.15, 0.2) is 41.6 Å². The number of nitrogens with zero attached hydrogens (tertiary/aromatic N) is 1. The molecule has 23 heavy (non-hydrogen) atoms. The molecule has 0 aliphatic carbocycles. The number of pyridine rings is 1. The van der Waals surface area contributed by atoms with Gasteiger partial charge < -0.3 is 5.32 Å². The van der Waals surface area contributed by atoms with Gasteiger partial charge >= 0.3 is 0 Å². The molecule has 1 amide bonds. The van der Waals surface area contributed by atoms with Crippen LogP contribution in [0.3, 0.4) is 0 Å². The highest BCUT2D eigenvalue weighted by Crippen LogP contribution is 2.34. The second kappa shape index (κ2) is 7.16. The van der Waals surface area contributed by atoms with E-state index < -0.39 is 15.9 Å². The summed E-state index contributed by atoms with van der Waals surface area (Å²) in [5.74, 6) is -0.615. The third-order valence-electron chi connectivity index (χ3n) is 2.87. The number of carbonyl (C=O) groups excluding carboxylic acids is 1. The van der Waals surface area contributed by atoms with E-state index in [-0.39, 0.29) is 17.0 Å². The number of hydrogen-bond donors (Lipinski definition) is 2. The lowest BCUT2D eigenvalue weighted by Gasteiger charge is -2.14. The Balaban J connectivity index is 2.44. The molecule has 1 heterocycles. The van der Waals surface area contributed by atoms with E-state index >= 15 is 0 Å². The fourth-order valence-corrected chi connectivity index (χ4v) is 3.38. The molecule has 0 saturated carbocycles. The summed E-state index contributed by atoms with van der Waals surface area (Å²) in [6.45, 7) is 1.55. The van der Waals surface area contributed by atoms with Crippen molar-refractivity contribution in [3.05, 3.63) is 46.7 Å².